The maximum absolute atomic E-state index is 13.2. The monoisotopic (exact) mass is 239 g/mol. The molecule has 0 bridgehead atoms. The molecular weight excluding hydrogens is 233 g/mol. The first-order valence-corrected chi connectivity index (χ1v) is 4.66. The van der Waals surface area contributed by atoms with Crippen LogP contribution in [0, 0.1) is 17.1 Å². The molecule has 0 saturated carbocycles. The van der Waals surface area contributed by atoms with Crippen LogP contribution in [0.1, 0.15) is 12.0 Å². The zero-order valence-electron chi connectivity index (χ0n) is 8.08. The predicted octanol–water partition coefficient (Wildman–Crippen LogP) is 1.84. The van der Waals surface area contributed by atoms with Crippen molar-refractivity contribution in [3.8, 4) is 6.07 Å². The van der Waals surface area contributed by atoms with Gasteiger partial charge in [0.1, 0.15) is 12.2 Å². The summed E-state index contributed by atoms with van der Waals surface area (Å²) in [6, 6.07) is 5.84. The Hall–Kier alpha value is -1.93. The molecule has 6 heteroatoms. The minimum absolute atomic E-state index is 0.0847. The molecule has 4 nitrogen and oxygen atoms in total. The van der Waals surface area contributed by atoms with E-state index in [2.05, 4.69) is 10.5 Å². The SMILES string of the molecule is N#CCC(=O)N/N=C\c1c(F)cccc1Cl. The van der Waals surface area contributed by atoms with Gasteiger partial charge < -0.3 is 0 Å². The molecule has 1 rings (SSSR count). The Morgan fingerprint density at radius 2 is 2.44 bits per heavy atom. The summed E-state index contributed by atoms with van der Waals surface area (Å²) in [4.78, 5) is 10.8. The van der Waals surface area contributed by atoms with Gasteiger partial charge in [-0.3, -0.25) is 4.79 Å². The number of benzene rings is 1. The lowest BCUT2D eigenvalue weighted by Gasteiger charge is -1.99. The number of hydrazone groups is 1. The van der Waals surface area contributed by atoms with Gasteiger partial charge in [-0.2, -0.15) is 10.4 Å². The van der Waals surface area contributed by atoms with E-state index in [0.717, 1.165) is 6.21 Å². The summed E-state index contributed by atoms with van der Waals surface area (Å²) in [7, 11) is 0. The minimum Gasteiger partial charge on any atom is -0.272 e. The number of carbonyl (C=O) groups excluding carboxylic acids is 1. The summed E-state index contributed by atoms with van der Waals surface area (Å²) in [6.45, 7) is 0. The number of nitrogens with zero attached hydrogens (tertiary/aromatic N) is 2. The van der Waals surface area contributed by atoms with Crippen LogP contribution in [0.3, 0.4) is 0 Å². The van der Waals surface area contributed by atoms with Crippen molar-refractivity contribution in [3.63, 3.8) is 0 Å². The number of carbonyl (C=O) groups is 1. The lowest BCUT2D eigenvalue weighted by Crippen LogP contribution is -2.16. The van der Waals surface area contributed by atoms with Gasteiger partial charge in [0.25, 0.3) is 5.91 Å². The Labute approximate surface area is 96.3 Å². The summed E-state index contributed by atoms with van der Waals surface area (Å²) >= 11 is 5.71. The topological polar surface area (TPSA) is 65.2 Å². The van der Waals surface area contributed by atoms with Crippen LogP contribution >= 0.6 is 11.6 Å². The number of rotatable bonds is 3. The highest BCUT2D eigenvalue weighted by Crippen LogP contribution is 2.16. The van der Waals surface area contributed by atoms with Gasteiger partial charge in [0.05, 0.1) is 17.3 Å². The molecule has 0 spiro atoms. The van der Waals surface area contributed by atoms with E-state index in [0.29, 0.717) is 0 Å². The van der Waals surface area contributed by atoms with Gasteiger partial charge >= 0.3 is 0 Å². The van der Waals surface area contributed by atoms with Crippen LogP contribution in [0.5, 0.6) is 0 Å². The maximum Gasteiger partial charge on any atom is 0.254 e. The van der Waals surface area contributed by atoms with Crippen LogP contribution in [0.15, 0.2) is 23.3 Å². The van der Waals surface area contributed by atoms with Crippen molar-refractivity contribution >= 4 is 23.7 Å². The summed E-state index contributed by atoms with van der Waals surface area (Å²) < 4.78 is 13.2. The largest absolute Gasteiger partial charge is 0.272 e. The standard InChI is InChI=1S/C10H7ClFN3O/c11-8-2-1-3-9(12)7(8)6-14-15-10(16)4-5-13/h1-3,6H,4H2,(H,15,16)/b14-6-. The molecule has 0 aliphatic heterocycles. The highest BCUT2D eigenvalue weighted by molar-refractivity contribution is 6.33. The van der Waals surface area contributed by atoms with Gasteiger partial charge in [-0.1, -0.05) is 17.7 Å². The average molecular weight is 240 g/mol. The lowest BCUT2D eigenvalue weighted by molar-refractivity contribution is -0.120. The third kappa shape index (κ3) is 3.33. The highest BCUT2D eigenvalue weighted by Gasteiger charge is 2.03. The summed E-state index contributed by atoms with van der Waals surface area (Å²) in [5.41, 5.74) is 2.15. The minimum atomic E-state index is -0.564. The van der Waals surface area contributed by atoms with Crippen molar-refractivity contribution in [2.45, 2.75) is 6.42 Å². The summed E-state index contributed by atoms with van der Waals surface area (Å²) in [5.74, 6) is -1.10. The highest BCUT2D eigenvalue weighted by atomic mass is 35.5. The summed E-state index contributed by atoms with van der Waals surface area (Å²) in [5, 5.41) is 11.9. The van der Waals surface area contributed by atoms with Gasteiger partial charge in [-0.25, -0.2) is 9.82 Å². The van der Waals surface area contributed by atoms with E-state index < -0.39 is 11.7 Å². The molecule has 1 N–H and O–H groups in total. The van der Waals surface area contributed by atoms with Crippen molar-refractivity contribution in [2.75, 3.05) is 0 Å². The van der Waals surface area contributed by atoms with Crippen LogP contribution in [0.25, 0.3) is 0 Å². The van der Waals surface area contributed by atoms with E-state index in [9.17, 15) is 9.18 Å². The Kier molecular flexibility index (Phi) is 4.42. The Balaban J connectivity index is 2.70. The van der Waals surface area contributed by atoms with Gasteiger partial charge in [0.2, 0.25) is 0 Å². The molecule has 82 valence electrons. The quantitative estimate of drug-likeness (QED) is 0.646. The lowest BCUT2D eigenvalue weighted by atomic mass is 10.2. The molecule has 0 atom stereocenters. The fourth-order valence-corrected chi connectivity index (χ4v) is 1.13. The first-order valence-electron chi connectivity index (χ1n) is 4.28. The zero-order valence-corrected chi connectivity index (χ0v) is 8.83. The Bertz CT molecular complexity index is 447. The number of hydrogen-bond acceptors (Lipinski definition) is 3. The van der Waals surface area contributed by atoms with Crippen LogP contribution in [0.4, 0.5) is 4.39 Å². The van der Waals surface area contributed by atoms with Crippen LogP contribution in [-0.2, 0) is 4.79 Å². The second kappa shape index (κ2) is 5.83. The van der Waals surface area contributed by atoms with Crippen LogP contribution in [0.2, 0.25) is 5.02 Å². The maximum atomic E-state index is 13.2. The Morgan fingerprint density at radius 1 is 1.69 bits per heavy atom. The molecular formula is C10H7ClFN3O. The van der Waals surface area contributed by atoms with Gasteiger partial charge in [-0.05, 0) is 12.1 Å². The fraction of sp³-hybridized carbons (Fsp3) is 0.100. The normalized spacial score (nSPS) is 10.1. The zero-order chi connectivity index (χ0) is 12.0. The number of nitrogens with one attached hydrogen (secondary N) is 1. The number of halogens is 2. The third-order valence-corrected chi connectivity index (χ3v) is 1.95. The van der Waals surface area contributed by atoms with E-state index >= 15 is 0 Å². The molecule has 1 aromatic rings. The second-order valence-corrected chi connectivity index (χ2v) is 3.17. The first kappa shape index (κ1) is 12.1. The van der Waals surface area contributed by atoms with Gasteiger partial charge in [0.15, 0.2) is 0 Å². The number of nitriles is 1. The van der Waals surface area contributed by atoms with E-state index in [1.54, 1.807) is 6.07 Å². The molecule has 0 unspecified atom stereocenters. The van der Waals surface area contributed by atoms with Gasteiger partial charge in [0, 0.05) is 5.56 Å². The van der Waals surface area contributed by atoms with E-state index in [1.807, 2.05) is 0 Å². The molecule has 0 aromatic heterocycles. The fourth-order valence-electron chi connectivity index (χ4n) is 0.914. The Morgan fingerprint density at radius 3 is 3.06 bits per heavy atom. The molecule has 0 heterocycles. The molecule has 1 aromatic carbocycles. The first-order chi connectivity index (χ1) is 7.65. The predicted molar refractivity (Wildman–Crippen MR) is 57.4 cm³/mol. The smallest absolute Gasteiger partial charge is 0.254 e. The number of hydrogen-bond donors (Lipinski definition) is 1. The molecule has 1 amide bonds. The molecule has 0 fully saturated rings. The number of amides is 1. The molecule has 0 saturated heterocycles. The van der Waals surface area contributed by atoms with E-state index in [4.69, 9.17) is 16.9 Å². The van der Waals surface area contributed by atoms with Crippen LogP contribution in [-0.4, -0.2) is 12.1 Å². The van der Waals surface area contributed by atoms with Crippen molar-refractivity contribution < 1.29 is 9.18 Å². The van der Waals surface area contributed by atoms with Crippen LogP contribution < -0.4 is 5.43 Å². The van der Waals surface area contributed by atoms with Crippen molar-refractivity contribution in [1.82, 2.24) is 5.43 Å². The molecule has 0 aliphatic rings. The van der Waals surface area contributed by atoms with Gasteiger partial charge in [-0.15, -0.1) is 0 Å². The van der Waals surface area contributed by atoms with E-state index in [-0.39, 0.29) is 17.0 Å². The average Bonchev–Trinajstić information content (AvgIpc) is 2.23. The molecule has 16 heavy (non-hydrogen) atoms. The molecule has 0 aliphatic carbocycles. The molecule has 0 radical (unpaired) electrons. The summed E-state index contributed by atoms with van der Waals surface area (Å²) in [6.07, 6.45) is 0.787. The van der Waals surface area contributed by atoms with Crippen molar-refractivity contribution in [1.29, 1.82) is 5.26 Å². The van der Waals surface area contributed by atoms with E-state index in [1.165, 1.54) is 18.2 Å². The van der Waals surface area contributed by atoms with Crippen molar-refractivity contribution in [2.24, 2.45) is 5.10 Å². The second-order valence-electron chi connectivity index (χ2n) is 2.76. The third-order valence-electron chi connectivity index (χ3n) is 1.62. The van der Waals surface area contributed by atoms with Crippen molar-refractivity contribution in [3.05, 3.63) is 34.6 Å².